The molecule has 0 saturated heterocycles. The molecule has 1 aromatic carbocycles. The molecule has 0 aliphatic carbocycles. The summed E-state index contributed by atoms with van der Waals surface area (Å²) in [5.74, 6) is 0.0991. The molecule has 88 valence electrons. The Morgan fingerprint density at radius 1 is 1.44 bits per heavy atom. The number of ether oxygens (including phenoxy) is 1. The first-order valence-corrected chi connectivity index (χ1v) is 4.44. The topological polar surface area (TPSA) is 38.3 Å². The van der Waals surface area contributed by atoms with Crippen LogP contribution in [0, 0.1) is 0 Å². The van der Waals surface area contributed by atoms with Crippen LogP contribution in [0.15, 0.2) is 18.2 Å². The third-order valence-electron chi connectivity index (χ3n) is 1.76. The zero-order valence-corrected chi connectivity index (χ0v) is 8.82. The molecule has 0 atom stereocenters. The van der Waals surface area contributed by atoms with E-state index in [-0.39, 0.29) is 11.4 Å². The fourth-order valence-corrected chi connectivity index (χ4v) is 1.19. The number of hydrogen-bond donors (Lipinski definition) is 1. The van der Waals surface area contributed by atoms with E-state index in [0.717, 1.165) is 18.2 Å². The van der Waals surface area contributed by atoms with Crippen LogP contribution in [0.5, 0.6) is 5.75 Å². The first kappa shape index (κ1) is 12.6. The zero-order chi connectivity index (χ0) is 12.3. The Kier molecular flexibility index (Phi) is 3.64. The molecular formula is C9H7ClF3NO2. The van der Waals surface area contributed by atoms with Gasteiger partial charge in [0.15, 0.2) is 0 Å². The lowest BCUT2D eigenvalue weighted by Gasteiger charge is -2.12. The molecule has 0 heterocycles. The molecule has 1 N–H and O–H groups in total. The maximum atomic E-state index is 12.4. The summed E-state index contributed by atoms with van der Waals surface area (Å²) >= 11 is 5.02. The Morgan fingerprint density at radius 3 is 2.50 bits per heavy atom. The Hall–Kier alpha value is -1.43. The first-order chi connectivity index (χ1) is 7.34. The summed E-state index contributed by atoms with van der Waals surface area (Å²) < 4.78 is 41.8. The maximum Gasteiger partial charge on any atom is 0.416 e. The van der Waals surface area contributed by atoms with Crippen LogP contribution >= 0.6 is 11.6 Å². The molecule has 0 aliphatic rings. The van der Waals surface area contributed by atoms with Crippen molar-refractivity contribution in [2.45, 2.75) is 6.18 Å². The summed E-state index contributed by atoms with van der Waals surface area (Å²) in [5, 5.41) is 1.05. The van der Waals surface area contributed by atoms with Gasteiger partial charge in [-0.3, -0.25) is 4.79 Å². The van der Waals surface area contributed by atoms with E-state index in [1.807, 2.05) is 5.32 Å². The van der Waals surface area contributed by atoms with Gasteiger partial charge in [0.2, 0.25) is 0 Å². The fourth-order valence-electron chi connectivity index (χ4n) is 1.09. The number of benzene rings is 1. The lowest BCUT2D eigenvalue weighted by Crippen LogP contribution is -2.08. The molecule has 0 aromatic heterocycles. The van der Waals surface area contributed by atoms with Crippen LogP contribution in [-0.4, -0.2) is 12.5 Å². The van der Waals surface area contributed by atoms with Crippen LogP contribution in [0.4, 0.5) is 23.7 Å². The highest BCUT2D eigenvalue weighted by atomic mass is 35.5. The van der Waals surface area contributed by atoms with E-state index < -0.39 is 17.1 Å². The minimum Gasteiger partial charge on any atom is -0.495 e. The van der Waals surface area contributed by atoms with Crippen LogP contribution in [0.3, 0.4) is 0 Å². The number of methoxy groups -OCH3 is 1. The van der Waals surface area contributed by atoms with E-state index in [0.29, 0.717) is 0 Å². The van der Waals surface area contributed by atoms with E-state index in [1.165, 1.54) is 7.11 Å². The fraction of sp³-hybridized carbons (Fsp3) is 0.222. The van der Waals surface area contributed by atoms with Gasteiger partial charge in [0.25, 0.3) is 0 Å². The number of carbonyl (C=O) groups is 1. The van der Waals surface area contributed by atoms with Gasteiger partial charge >= 0.3 is 11.5 Å². The van der Waals surface area contributed by atoms with Crippen molar-refractivity contribution in [1.82, 2.24) is 0 Å². The number of halogens is 4. The summed E-state index contributed by atoms with van der Waals surface area (Å²) in [6.45, 7) is 0. The van der Waals surface area contributed by atoms with Crippen LogP contribution in [-0.2, 0) is 6.18 Å². The molecule has 0 aliphatic heterocycles. The summed E-state index contributed by atoms with van der Waals surface area (Å²) in [5.41, 5.74) is -1.02. The molecule has 0 spiro atoms. The summed E-state index contributed by atoms with van der Waals surface area (Å²) in [6.07, 6.45) is -4.49. The molecular weight excluding hydrogens is 247 g/mol. The van der Waals surface area contributed by atoms with Crippen LogP contribution in [0.1, 0.15) is 5.56 Å². The van der Waals surface area contributed by atoms with Gasteiger partial charge in [-0.05, 0) is 29.8 Å². The van der Waals surface area contributed by atoms with Crippen molar-refractivity contribution in [1.29, 1.82) is 0 Å². The summed E-state index contributed by atoms with van der Waals surface area (Å²) in [7, 11) is 1.27. The molecule has 0 fully saturated rings. The number of alkyl halides is 3. The van der Waals surface area contributed by atoms with Gasteiger partial charge in [-0.25, -0.2) is 0 Å². The van der Waals surface area contributed by atoms with Crippen LogP contribution < -0.4 is 10.1 Å². The van der Waals surface area contributed by atoms with Crippen molar-refractivity contribution in [2.75, 3.05) is 12.4 Å². The average Bonchev–Trinajstić information content (AvgIpc) is 2.15. The van der Waals surface area contributed by atoms with Gasteiger partial charge < -0.3 is 10.1 Å². The van der Waals surface area contributed by atoms with E-state index in [4.69, 9.17) is 16.3 Å². The standard InChI is InChI=1S/C9H7ClF3NO2/c1-16-7-3-2-5(9(11,12)13)4-6(7)14-8(10)15/h2-4H,1H3,(H,14,15). The Bertz CT molecular complexity index is 406. The largest absolute Gasteiger partial charge is 0.495 e. The van der Waals surface area contributed by atoms with E-state index in [2.05, 4.69) is 0 Å². The molecule has 16 heavy (non-hydrogen) atoms. The van der Waals surface area contributed by atoms with Crippen LogP contribution in [0.25, 0.3) is 0 Å². The van der Waals surface area contributed by atoms with E-state index >= 15 is 0 Å². The minimum atomic E-state index is -4.49. The monoisotopic (exact) mass is 253 g/mol. The lowest BCUT2D eigenvalue weighted by atomic mass is 10.2. The Labute approximate surface area is 94.2 Å². The third kappa shape index (κ3) is 3.03. The molecule has 1 rings (SSSR count). The molecule has 7 heteroatoms. The number of hydrogen-bond acceptors (Lipinski definition) is 2. The number of carbonyl (C=O) groups excluding carboxylic acids is 1. The maximum absolute atomic E-state index is 12.4. The molecule has 0 bridgehead atoms. The van der Waals surface area contributed by atoms with Gasteiger partial charge in [0.05, 0.1) is 18.4 Å². The second-order valence-corrected chi connectivity index (χ2v) is 3.15. The molecule has 3 nitrogen and oxygen atoms in total. The van der Waals surface area contributed by atoms with E-state index in [9.17, 15) is 18.0 Å². The minimum absolute atomic E-state index is 0.0991. The normalized spacial score (nSPS) is 11.1. The number of amides is 1. The second-order valence-electron chi connectivity index (χ2n) is 2.81. The number of rotatable bonds is 2. The molecule has 0 radical (unpaired) electrons. The lowest BCUT2D eigenvalue weighted by molar-refractivity contribution is -0.137. The van der Waals surface area contributed by atoms with Crippen molar-refractivity contribution in [3.63, 3.8) is 0 Å². The highest BCUT2D eigenvalue weighted by molar-refractivity contribution is 6.65. The average molecular weight is 254 g/mol. The van der Waals surface area contributed by atoms with Crippen molar-refractivity contribution in [2.24, 2.45) is 0 Å². The van der Waals surface area contributed by atoms with Crippen molar-refractivity contribution in [3.05, 3.63) is 23.8 Å². The summed E-state index contributed by atoms with van der Waals surface area (Å²) in [6, 6.07) is 2.70. The highest BCUT2D eigenvalue weighted by Crippen LogP contribution is 2.34. The molecule has 1 aromatic rings. The summed E-state index contributed by atoms with van der Waals surface area (Å²) in [4.78, 5) is 10.6. The second kappa shape index (κ2) is 4.61. The molecule has 0 unspecified atom stereocenters. The van der Waals surface area contributed by atoms with E-state index in [1.54, 1.807) is 0 Å². The van der Waals surface area contributed by atoms with Crippen molar-refractivity contribution in [3.8, 4) is 5.75 Å². The van der Waals surface area contributed by atoms with Gasteiger partial charge in [0, 0.05) is 0 Å². The highest BCUT2D eigenvalue weighted by Gasteiger charge is 2.31. The first-order valence-electron chi connectivity index (χ1n) is 4.06. The van der Waals surface area contributed by atoms with Gasteiger partial charge in [0.1, 0.15) is 5.75 Å². The SMILES string of the molecule is COc1ccc(C(F)(F)F)cc1NC(=O)Cl. The smallest absolute Gasteiger partial charge is 0.416 e. The van der Waals surface area contributed by atoms with Crippen molar-refractivity contribution >= 4 is 22.7 Å². The molecule has 0 saturated carbocycles. The predicted molar refractivity (Wildman–Crippen MR) is 52.9 cm³/mol. The third-order valence-corrected chi connectivity index (χ3v) is 1.85. The zero-order valence-electron chi connectivity index (χ0n) is 8.06. The number of anilines is 1. The van der Waals surface area contributed by atoms with Gasteiger partial charge in [-0.15, -0.1) is 0 Å². The van der Waals surface area contributed by atoms with Crippen molar-refractivity contribution < 1.29 is 22.7 Å². The van der Waals surface area contributed by atoms with Gasteiger partial charge in [-0.1, -0.05) is 0 Å². The van der Waals surface area contributed by atoms with Gasteiger partial charge in [-0.2, -0.15) is 13.2 Å². The Morgan fingerprint density at radius 2 is 2.06 bits per heavy atom. The quantitative estimate of drug-likeness (QED) is 0.647. The number of nitrogens with one attached hydrogen (secondary N) is 1. The Balaban J connectivity index is 3.16. The van der Waals surface area contributed by atoms with Crippen LogP contribution in [0.2, 0.25) is 0 Å². The predicted octanol–water partition coefficient (Wildman–Crippen LogP) is 3.48. The molecule has 1 amide bonds.